The maximum Gasteiger partial charge on any atom is 0.271 e. The molecular formula is C9H14ClN3O. The molecule has 0 aliphatic heterocycles. The van der Waals surface area contributed by atoms with Crippen LogP contribution in [0.2, 0.25) is 0 Å². The van der Waals surface area contributed by atoms with Crippen molar-refractivity contribution < 1.29 is 4.79 Å². The SMILES string of the molecule is CC(CCCl)NC(=O)c1ccn(C)n1. The first-order valence-electron chi connectivity index (χ1n) is 4.50. The maximum absolute atomic E-state index is 11.5. The van der Waals surface area contributed by atoms with Crippen LogP contribution in [-0.4, -0.2) is 27.6 Å². The first-order chi connectivity index (χ1) is 6.63. The summed E-state index contributed by atoms with van der Waals surface area (Å²) in [4.78, 5) is 11.5. The molecule has 0 aromatic carbocycles. The van der Waals surface area contributed by atoms with E-state index in [2.05, 4.69) is 10.4 Å². The predicted octanol–water partition coefficient (Wildman–Crippen LogP) is 1.17. The van der Waals surface area contributed by atoms with E-state index in [1.54, 1.807) is 24.0 Å². The van der Waals surface area contributed by atoms with Gasteiger partial charge in [-0.2, -0.15) is 5.10 Å². The molecule has 0 spiro atoms. The van der Waals surface area contributed by atoms with Gasteiger partial charge in [0.1, 0.15) is 5.69 Å². The van der Waals surface area contributed by atoms with Gasteiger partial charge in [0.2, 0.25) is 0 Å². The highest BCUT2D eigenvalue weighted by Gasteiger charge is 2.11. The normalized spacial score (nSPS) is 12.5. The number of hydrogen-bond donors (Lipinski definition) is 1. The number of alkyl halides is 1. The lowest BCUT2D eigenvalue weighted by Gasteiger charge is -2.10. The molecule has 0 radical (unpaired) electrons. The molecule has 1 unspecified atom stereocenters. The molecule has 0 saturated heterocycles. The van der Waals surface area contributed by atoms with Crippen LogP contribution < -0.4 is 5.32 Å². The Morgan fingerprint density at radius 1 is 1.79 bits per heavy atom. The summed E-state index contributed by atoms with van der Waals surface area (Å²) >= 11 is 5.56. The number of aromatic nitrogens is 2. The lowest BCUT2D eigenvalue weighted by molar-refractivity contribution is 0.0933. The summed E-state index contributed by atoms with van der Waals surface area (Å²) in [6.45, 7) is 1.92. The molecule has 1 heterocycles. The Bertz CT molecular complexity index is 311. The van der Waals surface area contributed by atoms with Gasteiger partial charge in [-0.15, -0.1) is 11.6 Å². The molecule has 1 N–H and O–H groups in total. The van der Waals surface area contributed by atoms with E-state index in [0.717, 1.165) is 6.42 Å². The summed E-state index contributed by atoms with van der Waals surface area (Å²) in [5.41, 5.74) is 0.439. The summed E-state index contributed by atoms with van der Waals surface area (Å²) in [5.74, 6) is 0.396. The number of hydrogen-bond acceptors (Lipinski definition) is 2. The Morgan fingerprint density at radius 2 is 2.50 bits per heavy atom. The minimum atomic E-state index is -0.150. The monoisotopic (exact) mass is 215 g/mol. The topological polar surface area (TPSA) is 46.9 Å². The number of aryl methyl sites for hydroxylation is 1. The molecule has 1 atom stereocenters. The zero-order valence-electron chi connectivity index (χ0n) is 8.33. The van der Waals surface area contributed by atoms with Crippen molar-refractivity contribution in [3.05, 3.63) is 18.0 Å². The average molecular weight is 216 g/mol. The summed E-state index contributed by atoms with van der Waals surface area (Å²) in [6.07, 6.45) is 2.50. The Balaban J connectivity index is 2.50. The lowest BCUT2D eigenvalue weighted by atomic mass is 10.2. The molecule has 0 aliphatic carbocycles. The third-order valence-corrected chi connectivity index (χ3v) is 2.08. The number of amides is 1. The average Bonchev–Trinajstić information content (AvgIpc) is 2.52. The fourth-order valence-electron chi connectivity index (χ4n) is 1.07. The molecule has 1 aromatic rings. The highest BCUT2D eigenvalue weighted by molar-refractivity contribution is 6.17. The van der Waals surface area contributed by atoms with Gasteiger partial charge < -0.3 is 5.32 Å². The molecule has 4 nitrogen and oxygen atoms in total. The van der Waals surface area contributed by atoms with Crippen LogP contribution in [0.25, 0.3) is 0 Å². The van der Waals surface area contributed by atoms with Gasteiger partial charge in [-0.1, -0.05) is 0 Å². The van der Waals surface area contributed by atoms with E-state index >= 15 is 0 Å². The zero-order valence-corrected chi connectivity index (χ0v) is 9.08. The second-order valence-electron chi connectivity index (χ2n) is 3.23. The lowest BCUT2D eigenvalue weighted by Crippen LogP contribution is -2.33. The Labute approximate surface area is 88.2 Å². The van der Waals surface area contributed by atoms with Crippen molar-refractivity contribution in [2.75, 3.05) is 5.88 Å². The zero-order chi connectivity index (χ0) is 10.6. The molecule has 0 saturated carbocycles. The third kappa shape index (κ3) is 3.03. The van der Waals surface area contributed by atoms with Gasteiger partial charge in [0.05, 0.1) is 0 Å². The molecule has 5 heteroatoms. The number of carbonyl (C=O) groups excluding carboxylic acids is 1. The van der Waals surface area contributed by atoms with E-state index in [-0.39, 0.29) is 11.9 Å². The molecule has 78 valence electrons. The summed E-state index contributed by atoms with van der Waals surface area (Å²) < 4.78 is 1.60. The van der Waals surface area contributed by atoms with Crippen molar-refractivity contribution in [1.82, 2.24) is 15.1 Å². The van der Waals surface area contributed by atoms with Crippen molar-refractivity contribution in [2.45, 2.75) is 19.4 Å². The van der Waals surface area contributed by atoms with Gasteiger partial charge in [0.25, 0.3) is 5.91 Å². The van der Waals surface area contributed by atoms with Crippen LogP contribution in [0.5, 0.6) is 0 Å². The van der Waals surface area contributed by atoms with Gasteiger partial charge in [-0.05, 0) is 19.4 Å². The van der Waals surface area contributed by atoms with Crippen LogP contribution in [0.1, 0.15) is 23.8 Å². The van der Waals surface area contributed by atoms with E-state index in [0.29, 0.717) is 11.6 Å². The molecule has 0 bridgehead atoms. The van der Waals surface area contributed by atoms with Gasteiger partial charge in [-0.3, -0.25) is 9.48 Å². The molecule has 1 aromatic heterocycles. The summed E-state index contributed by atoms with van der Waals surface area (Å²) in [5, 5.41) is 6.81. The van der Waals surface area contributed by atoms with E-state index in [1.165, 1.54) is 0 Å². The van der Waals surface area contributed by atoms with Gasteiger partial charge >= 0.3 is 0 Å². The van der Waals surface area contributed by atoms with Crippen LogP contribution >= 0.6 is 11.6 Å². The summed E-state index contributed by atoms with van der Waals surface area (Å²) in [7, 11) is 1.78. The Kier molecular flexibility index (Phi) is 3.95. The fraction of sp³-hybridized carbons (Fsp3) is 0.556. The fourth-order valence-corrected chi connectivity index (χ4v) is 1.40. The second-order valence-corrected chi connectivity index (χ2v) is 3.60. The van der Waals surface area contributed by atoms with Gasteiger partial charge in [0, 0.05) is 25.2 Å². The van der Waals surface area contributed by atoms with Crippen LogP contribution in [-0.2, 0) is 7.05 Å². The smallest absolute Gasteiger partial charge is 0.271 e. The van der Waals surface area contributed by atoms with Gasteiger partial charge in [0.15, 0.2) is 0 Å². The van der Waals surface area contributed by atoms with Crippen LogP contribution in [0.3, 0.4) is 0 Å². The Hall–Kier alpha value is -1.03. The minimum Gasteiger partial charge on any atom is -0.348 e. The second kappa shape index (κ2) is 5.00. The van der Waals surface area contributed by atoms with Crippen LogP contribution in [0, 0.1) is 0 Å². The summed E-state index contributed by atoms with van der Waals surface area (Å²) in [6, 6.07) is 1.77. The number of nitrogens with one attached hydrogen (secondary N) is 1. The molecule has 14 heavy (non-hydrogen) atoms. The predicted molar refractivity (Wildman–Crippen MR) is 55.5 cm³/mol. The van der Waals surface area contributed by atoms with Crippen LogP contribution in [0.4, 0.5) is 0 Å². The van der Waals surface area contributed by atoms with E-state index in [9.17, 15) is 4.79 Å². The molecule has 1 rings (SSSR count). The van der Waals surface area contributed by atoms with Crippen molar-refractivity contribution in [3.63, 3.8) is 0 Å². The highest BCUT2D eigenvalue weighted by atomic mass is 35.5. The molecule has 0 fully saturated rings. The van der Waals surface area contributed by atoms with Crippen molar-refractivity contribution >= 4 is 17.5 Å². The number of rotatable bonds is 4. The van der Waals surface area contributed by atoms with Crippen molar-refractivity contribution in [1.29, 1.82) is 0 Å². The first-order valence-corrected chi connectivity index (χ1v) is 5.03. The number of halogens is 1. The van der Waals surface area contributed by atoms with Crippen molar-refractivity contribution in [3.8, 4) is 0 Å². The molecule has 0 aliphatic rings. The number of nitrogens with zero attached hydrogens (tertiary/aromatic N) is 2. The molecule has 1 amide bonds. The third-order valence-electron chi connectivity index (χ3n) is 1.87. The Morgan fingerprint density at radius 3 is 3.00 bits per heavy atom. The maximum atomic E-state index is 11.5. The van der Waals surface area contributed by atoms with Crippen molar-refractivity contribution in [2.24, 2.45) is 7.05 Å². The quantitative estimate of drug-likeness (QED) is 0.767. The highest BCUT2D eigenvalue weighted by Crippen LogP contribution is 1.98. The first kappa shape index (κ1) is 11.0. The minimum absolute atomic E-state index is 0.0852. The standard InChI is InChI=1S/C9H14ClN3O/c1-7(3-5-10)11-9(14)8-4-6-13(2)12-8/h4,6-7H,3,5H2,1-2H3,(H,11,14). The van der Waals surface area contributed by atoms with E-state index in [4.69, 9.17) is 11.6 Å². The van der Waals surface area contributed by atoms with Gasteiger partial charge in [-0.25, -0.2) is 0 Å². The van der Waals surface area contributed by atoms with E-state index < -0.39 is 0 Å². The number of carbonyl (C=O) groups is 1. The van der Waals surface area contributed by atoms with E-state index in [1.807, 2.05) is 6.92 Å². The van der Waals surface area contributed by atoms with Crippen LogP contribution in [0.15, 0.2) is 12.3 Å². The largest absolute Gasteiger partial charge is 0.348 e. The molecular weight excluding hydrogens is 202 g/mol.